The topological polar surface area (TPSA) is 78.9 Å². The average molecular weight is 432 g/mol. The second kappa shape index (κ2) is 9.59. The molecule has 1 fully saturated rings. The van der Waals surface area contributed by atoms with Gasteiger partial charge >= 0.3 is 0 Å². The smallest absolute Gasteiger partial charge is 0.244 e. The minimum atomic E-state index is -3.89. The van der Waals surface area contributed by atoms with Crippen molar-refractivity contribution in [1.29, 1.82) is 0 Å². The van der Waals surface area contributed by atoms with E-state index >= 15 is 0 Å². The summed E-state index contributed by atoms with van der Waals surface area (Å²) in [5.74, 6) is 0.0341. The van der Waals surface area contributed by atoms with Crippen LogP contribution in [0.1, 0.15) is 18.1 Å². The van der Waals surface area contributed by atoms with E-state index in [0.717, 1.165) is 25.2 Å². The van der Waals surface area contributed by atoms with E-state index in [1.807, 2.05) is 25.1 Å². The maximum Gasteiger partial charge on any atom is 0.244 e. The number of benzene rings is 2. The summed E-state index contributed by atoms with van der Waals surface area (Å²) in [7, 11) is -2.47. The van der Waals surface area contributed by atoms with E-state index in [9.17, 15) is 13.2 Å². The minimum Gasteiger partial charge on any atom is -0.495 e. The van der Waals surface area contributed by atoms with Crippen LogP contribution in [0.5, 0.6) is 5.75 Å². The molecular formula is C22H29N3O4S. The summed E-state index contributed by atoms with van der Waals surface area (Å²) in [5.41, 5.74) is 2.04. The van der Waals surface area contributed by atoms with Gasteiger partial charge in [-0.25, -0.2) is 8.42 Å². The Morgan fingerprint density at radius 1 is 1.10 bits per heavy atom. The molecule has 2 aromatic carbocycles. The molecule has 30 heavy (non-hydrogen) atoms. The molecule has 0 aromatic heterocycles. The van der Waals surface area contributed by atoms with Crippen LogP contribution in [0.2, 0.25) is 0 Å². The summed E-state index contributed by atoms with van der Waals surface area (Å²) in [5, 5.41) is 0. The maximum atomic E-state index is 12.8. The number of methoxy groups -OCH3 is 1. The lowest BCUT2D eigenvalue weighted by atomic mass is 10.2. The first-order valence-corrected chi connectivity index (χ1v) is 11.5. The molecule has 0 unspecified atom stereocenters. The number of hydrogen-bond donors (Lipinski definition) is 1. The summed E-state index contributed by atoms with van der Waals surface area (Å²) >= 11 is 0. The van der Waals surface area contributed by atoms with Crippen molar-refractivity contribution in [2.24, 2.45) is 0 Å². The number of nitrogens with one attached hydrogen (secondary N) is 1. The molecule has 0 bridgehead atoms. The maximum absolute atomic E-state index is 12.8. The van der Waals surface area contributed by atoms with E-state index in [1.165, 1.54) is 12.7 Å². The van der Waals surface area contributed by atoms with Gasteiger partial charge in [0.1, 0.15) is 10.6 Å². The molecule has 8 heteroatoms. The summed E-state index contributed by atoms with van der Waals surface area (Å²) < 4.78 is 33.4. The molecule has 0 aliphatic carbocycles. The monoisotopic (exact) mass is 431 g/mol. The largest absolute Gasteiger partial charge is 0.495 e. The lowest BCUT2D eigenvalue weighted by Crippen LogP contribution is -2.53. The normalized spacial score (nSPS) is 16.3. The van der Waals surface area contributed by atoms with Gasteiger partial charge in [-0.05, 0) is 37.1 Å². The molecule has 0 radical (unpaired) electrons. The Hall–Kier alpha value is -2.42. The summed E-state index contributed by atoms with van der Waals surface area (Å²) in [6, 6.07) is 14.3. The number of piperazine rings is 1. The highest BCUT2D eigenvalue weighted by atomic mass is 32.2. The first-order valence-electron chi connectivity index (χ1n) is 10.0. The Labute approximate surface area is 178 Å². The Morgan fingerprint density at radius 3 is 2.40 bits per heavy atom. The number of sulfonamides is 1. The van der Waals surface area contributed by atoms with Crippen molar-refractivity contribution in [2.45, 2.75) is 31.3 Å². The quantitative estimate of drug-likeness (QED) is 0.726. The van der Waals surface area contributed by atoms with E-state index in [1.54, 1.807) is 30.0 Å². The third kappa shape index (κ3) is 5.38. The van der Waals surface area contributed by atoms with Crippen LogP contribution in [0.4, 0.5) is 0 Å². The lowest BCUT2D eigenvalue weighted by molar-refractivity contribution is -0.134. The Balaban J connectivity index is 1.59. The van der Waals surface area contributed by atoms with Crippen LogP contribution in [-0.2, 0) is 21.4 Å². The van der Waals surface area contributed by atoms with Crippen molar-refractivity contribution >= 4 is 15.9 Å². The molecule has 1 atom stereocenters. The van der Waals surface area contributed by atoms with Gasteiger partial charge in [-0.2, -0.15) is 4.72 Å². The Kier molecular flexibility index (Phi) is 7.12. The zero-order valence-electron chi connectivity index (χ0n) is 17.7. The van der Waals surface area contributed by atoms with Gasteiger partial charge in [0.25, 0.3) is 0 Å². The highest BCUT2D eigenvalue weighted by Crippen LogP contribution is 2.25. The van der Waals surface area contributed by atoms with Crippen LogP contribution >= 0.6 is 0 Å². The van der Waals surface area contributed by atoms with Gasteiger partial charge in [0.15, 0.2) is 0 Å². The second-order valence-electron chi connectivity index (χ2n) is 7.58. The van der Waals surface area contributed by atoms with E-state index in [0.29, 0.717) is 13.1 Å². The van der Waals surface area contributed by atoms with Crippen LogP contribution in [0, 0.1) is 6.92 Å². The Bertz CT molecular complexity index is 971. The van der Waals surface area contributed by atoms with E-state index in [4.69, 9.17) is 4.74 Å². The number of nitrogens with zero attached hydrogens (tertiary/aromatic N) is 2. The fraction of sp³-hybridized carbons (Fsp3) is 0.409. The predicted octanol–water partition coefficient (Wildman–Crippen LogP) is 2.01. The minimum absolute atomic E-state index is 0.0392. The van der Waals surface area contributed by atoms with Gasteiger partial charge < -0.3 is 9.64 Å². The summed E-state index contributed by atoms with van der Waals surface area (Å²) in [6.45, 7) is 6.90. The molecule has 1 heterocycles. The van der Waals surface area contributed by atoms with Crippen LogP contribution in [-0.4, -0.2) is 63.5 Å². The average Bonchev–Trinajstić information content (AvgIpc) is 2.74. The van der Waals surface area contributed by atoms with Crippen molar-refractivity contribution in [3.63, 3.8) is 0 Å². The molecule has 7 nitrogen and oxygen atoms in total. The molecule has 1 aliphatic rings. The van der Waals surface area contributed by atoms with Crippen LogP contribution in [0.15, 0.2) is 53.4 Å². The van der Waals surface area contributed by atoms with Crippen molar-refractivity contribution < 1.29 is 17.9 Å². The number of amides is 1. The van der Waals surface area contributed by atoms with Crippen molar-refractivity contribution in [1.82, 2.24) is 14.5 Å². The molecule has 162 valence electrons. The van der Waals surface area contributed by atoms with Crippen molar-refractivity contribution in [3.05, 3.63) is 59.7 Å². The van der Waals surface area contributed by atoms with Crippen LogP contribution in [0.3, 0.4) is 0 Å². The first kappa shape index (κ1) is 22.3. The number of rotatable bonds is 7. The number of carbonyl (C=O) groups is 1. The molecule has 3 rings (SSSR count). The number of hydrogen-bond acceptors (Lipinski definition) is 5. The number of carbonyl (C=O) groups excluding carboxylic acids is 1. The standard InChI is InChI=1S/C22H29N3O4S/c1-17-9-10-20(29-3)21(15-17)30(27,28)23-18(2)22(26)25-13-11-24(12-14-25)16-19-7-5-4-6-8-19/h4-10,15,18,23H,11-14,16H2,1-3H3/t18-/m0/s1. The molecular weight excluding hydrogens is 402 g/mol. The first-order chi connectivity index (χ1) is 14.3. The summed E-state index contributed by atoms with van der Waals surface area (Å²) in [6.07, 6.45) is 0. The Morgan fingerprint density at radius 2 is 1.77 bits per heavy atom. The SMILES string of the molecule is COc1ccc(C)cc1S(=O)(=O)N[C@@H](C)C(=O)N1CCN(Cc2ccccc2)CC1. The molecule has 1 aliphatic heterocycles. The van der Waals surface area contributed by atoms with E-state index in [2.05, 4.69) is 21.8 Å². The zero-order valence-corrected chi connectivity index (χ0v) is 18.5. The van der Waals surface area contributed by atoms with Gasteiger partial charge in [0.2, 0.25) is 15.9 Å². The molecule has 1 saturated heterocycles. The van der Waals surface area contributed by atoms with E-state index < -0.39 is 16.1 Å². The molecule has 1 N–H and O–H groups in total. The van der Waals surface area contributed by atoms with Crippen LogP contribution in [0.25, 0.3) is 0 Å². The van der Waals surface area contributed by atoms with E-state index in [-0.39, 0.29) is 16.6 Å². The van der Waals surface area contributed by atoms with Crippen molar-refractivity contribution in [2.75, 3.05) is 33.3 Å². The van der Waals surface area contributed by atoms with Gasteiger partial charge in [-0.15, -0.1) is 0 Å². The fourth-order valence-electron chi connectivity index (χ4n) is 3.58. The van der Waals surface area contributed by atoms with Gasteiger partial charge in [-0.3, -0.25) is 9.69 Å². The molecule has 2 aromatic rings. The zero-order chi connectivity index (χ0) is 21.7. The predicted molar refractivity (Wildman–Crippen MR) is 116 cm³/mol. The highest BCUT2D eigenvalue weighted by molar-refractivity contribution is 7.89. The molecule has 1 amide bonds. The second-order valence-corrected chi connectivity index (χ2v) is 9.27. The molecule has 0 saturated carbocycles. The van der Waals surface area contributed by atoms with Crippen molar-refractivity contribution in [3.8, 4) is 5.75 Å². The molecule has 0 spiro atoms. The number of aryl methyl sites for hydroxylation is 1. The fourth-order valence-corrected chi connectivity index (χ4v) is 5.03. The van der Waals surface area contributed by atoms with Gasteiger partial charge in [0.05, 0.1) is 13.2 Å². The lowest BCUT2D eigenvalue weighted by Gasteiger charge is -2.36. The third-order valence-electron chi connectivity index (χ3n) is 5.24. The third-order valence-corrected chi connectivity index (χ3v) is 6.81. The van der Waals surface area contributed by atoms with Gasteiger partial charge in [0, 0.05) is 32.7 Å². The van der Waals surface area contributed by atoms with Crippen LogP contribution < -0.4 is 9.46 Å². The van der Waals surface area contributed by atoms with Gasteiger partial charge in [-0.1, -0.05) is 36.4 Å². The summed E-state index contributed by atoms with van der Waals surface area (Å²) in [4.78, 5) is 16.9. The highest BCUT2D eigenvalue weighted by Gasteiger charge is 2.29. The number of ether oxygens (including phenoxy) is 1.